The fraction of sp³-hybridized carbons (Fsp3) is 0.389. The first-order valence-electron chi connectivity index (χ1n) is 8.37. The zero-order chi connectivity index (χ0) is 16.7. The molecule has 1 aliphatic heterocycles. The summed E-state index contributed by atoms with van der Waals surface area (Å²) in [5.74, 6) is 2.24. The highest BCUT2D eigenvalue weighted by molar-refractivity contribution is 5.99. The Hall–Kier alpha value is -2.63. The van der Waals surface area contributed by atoms with Crippen molar-refractivity contribution in [3.05, 3.63) is 47.2 Å². The smallest absolute Gasteiger partial charge is 0.287 e. The Kier molecular flexibility index (Phi) is 3.59. The molecule has 0 fully saturated rings. The number of aromatic nitrogens is 3. The van der Waals surface area contributed by atoms with E-state index in [2.05, 4.69) is 27.0 Å². The summed E-state index contributed by atoms with van der Waals surface area (Å²) in [5.41, 5.74) is 1.64. The molecule has 24 heavy (non-hydrogen) atoms. The molecule has 0 bridgehead atoms. The van der Waals surface area contributed by atoms with Crippen LogP contribution in [0.3, 0.4) is 0 Å². The molecule has 0 saturated heterocycles. The molecule has 124 valence electrons. The average Bonchev–Trinajstić information content (AvgIpc) is 3.16. The van der Waals surface area contributed by atoms with E-state index in [-0.39, 0.29) is 11.9 Å². The van der Waals surface area contributed by atoms with Crippen LogP contribution < -0.4 is 5.32 Å². The molecule has 2 aromatic heterocycles. The van der Waals surface area contributed by atoms with Gasteiger partial charge in [0.25, 0.3) is 5.91 Å². The molecule has 6 heteroatoms. The van der Waals surface area contributed by atoms with Crippen LogP contribution in [0.25, 0.3) is 11.0 Å². The van der Waals surface area contributed by atoms with Crippen molar-refractivity contribution < 1.29 is 9.21 Å². The summed E-state index contributed by atoms with van der Waals surface area (Å²) in [5, 5.41) is 12.5. The summed E-state index contributed by atoms with van der Waals surface area (Å²) in [6.07, 6.45) is 2.54. The summed E-state index contributed by atoms with van der Waals surface area (Å²) in [4.78, 5) is 12.7. The molecule has 0 saturated carbocycles. The molecule has 6 nitrogen and oxygen atoms in total. The van der Waals surface area contributed by atoms with Gasteiger partial charge in [0.15, 0.2) is 5.76 Å². The molecule has 3 heterocycles. The van der Waals surface area contributed by atoms with Gasteiger partial charge in [0.1, 0.15) is 17.2 Å². The quantitative estimate of drug-likeness (QED) is 0.804. The molecule has 3 aromatic rings. The van der Waals surface area contributed by atoms with Gasteiger partial charge in [-0.25, -0.2) is 0 Å². The third-order valence-electron chi connectivity index (χ3n) is 4.72. The van der Waals surface area contributed by atoms with E-state index in [1.54, 1.807) is 0 Å². The Morgan fingerprint density at radius 2 is 2.21 bits per heavy atom. The molecule has 1 amide bonds. The first-order chi connectivity index (χ1) is 11.7. The van der Waals surface area contributed by atoms with E-state index >= 15 is 0 Å². The Morgan fingerprint density at radius 3 is 3.00 bits per heavy atom. The molecule has 0 aliphatic carbocycles. The van der Waals surface area contributed by atoms with Gasteiger partial charge in [-0.1, -0.05) is 25.1 Å². The zero-order valence-electron chi connectivity index (χ0n) is 13.9. The highest BCUT2D eigenvalue weighted by Gasteiger charge is 2.26. The summed E-state index contributed by atoms with van der Waals surface area (Å²) >= 11 is 0. The third kappa shape index (κ3) is 2.38. The minimum atomic E-state index is -0.150. The van der Waals surface area contributed by atoms with Crippen LogP contribution in [0.15, 0.2) is 28.7 Å². The van der Waals surface area contributed by atoms with Crippen molar-refractivity contribution in [3.8, 4) is 0 Å². The van der Waals surface area contributed by atoms with Crippen molar-refractivity contribution in [2.75, 3.05) is 0 Å². The maximum absolute atomic E-state index is 12.7. The summed E-state index contributed by atoms with van der Waals surface area (Å²) in [6.45, 7) is 4.71. The van der Waals surface area contributed by atoms with Gasteiger partial charge in [-0.05, 0) is 19.4 Å². The second kappa shape index (κ2) is 5.78. The summed E-state index contributed by atoms with van der Waals surface area (Å²) < 4.78 is 7.88. The van der Waals surface area contributed by atoms with Crippen LogP contribution in [-0.4, -0.2) is 26.7 Å². The number of amides is 1. The van der Waals surface area contributed by atoms with Crippen LogP contribution in [0.2, 0.25) is 0 Å². The van der Waals surface area contributed by atoms with Gasteiger partial charge in [0.2, 0.25) is 0 Å². The first kappa shape index (κ1) is 14.9. The number of hydrogen-bond acceptors (Lipinski definition) is 4. The second-order valence-electron chi connectivity index (χ2n) is 6.26. The van der Waals surface area contributed by atoms with E-state index in [0.717, 1.165) is 54.0 Å². The number of furan rings is 1. The second-order valence-corrected chi connectivity index (χ2v) is 6.26. The highest BCUT2D eigenvalue weighted by atomic mass is 16.3. The number of hydrogen-bond donors (Lipinski definition) is 1. The first-order valence-corrected chi connectivity index (χ1v) is 8.37. The fourth-order valence-corrected chi connectivity index (χ4v) is 3.40. The van der Waals surface area contributed by atoms with Gasteiger partial charge in [0, 0.05) is 36.4 Å². The molecular formula is C18H20N4O2. The van der Waals surface area contributed by atoms with Gasteiger partial charge in [-0.2, -0.15) is 0 Å². The number of rotatable bonds is 3. The Labute approximate surface area is 139 Å². The molecule has 1 N–H and O–H groups in total. The fourth-order valence-electron chi connectivity index (χ4n) is 3.40. The van der Waals surface area contributed by atoms with Crippen molar-refractivity contribution >= 4 is 16.9 Å². The van der Waals surface area contributed by atoms with Crippen molar-refractivity contribution in [3.63, 3.8) is 0 Å². The van der Waals surface area contributed by atoms with Crippen LogP contribution in [0, 0.1) is 6.92 Å². The summed E-state index contributed by atoms with van der Waals surface area (Å²) in [7, 11) is 0. The topological polar surface area (TPSA) is 73.0 Å². The average molecular weight is 324 g/mol. The molecular weight excluding hydrogens is 304 g/mol. The molecule has 1 aromatic carbocycles. The van der Waals surface area contributed by atoms with Crippen LogP contribution in [0.1, 0.15) is 41.1 Å². The van der Waals surface area contributed by atoms with E-state index < -0.39 is 0 Å². The van der Waals surface area contributed by atoms with E-state index in [0.29, 0.717) is 5.76 Å². The predicted octanol–water partition coefficient (Wildman–Crippen LogP) is 2.64. The van der Waals surface area contributed by atoms with Gasteiger partial charge in [-0.3, -0.25) is 4.79 Å². The standard InChI is InChI=1S/C18H20N4O2/c1-3-15-20-21-16-9-8-12(10-22(15)16)19-18(23)17-11(2)13-6-4-5-7-14(13)24-17/h4-7,12H,3,8-10H2,1-2H3,(H,19,23)/t12-/m0/s1. The van der Waals surface area contributed by atoms with Gasteiger partial charge in [-0.15, -0.1) is 10.2 Å². The number of fused-ring (bicyclic) bond motifs is 2. The van der Waals surface area contributed by atoms with Crippen LogP contribution in [0.4, 0.5) is 0 Å². The number of carbonyl (C=O) groups excluding carboxylic acids is 1. The lowest BCUT2D eigenvalue weighted by Gasteiger charge is -2.24. The largest absolute Gasteiger partial charge is 0.451 e. The molecule has 0 radical (unpaired) electrons. The van der Waals surface area contributed by atoms with Gasteiger partial charge >= 0.3 is 0 Å². The maximum atomic E-state index is 12.7. The van der Waals surface area contributed by atoms with E-state index in [1.807, 2.05) is 31.2 Å². The molecule has 0 unspecified atom stereocenters. The monoisotopic (exact) mass is 324 g/mol. The maximum Gasteiger partial charge on any atom is 0.287 e. The van der Waals surface area contributed by atoms with Gasteiger partial charge in [0.05, 0.1) is 0 Å². The predicted molar refractivity (Wildman–Crippen MR) is 89.9 cm³/mol. The van der Waals surface area contributed by atoms with Crippen molar-refractivity contribution in [2.45, 2.75) is 45.7 Å². The Balaban J connectivity index is 1.55. The highest BCUT2D eigenvalue weighted by Crippen LogP contribution is 2.25. The van der Waals surface area contributed by atoms with Crippen LogP contribution in [0.5, 0.6) is 0 Å². The number of carbonyl (C=O) groups is 1. The van der Waals surface area contributed by atoms with Crippen molar-refractivity contribution in [1.29, 1.82) is 0 Å². The minimum absolute atomic E-state index is 0.0684. The van der Waals surface area contributed by atoms with E-state index in [9.17, 15) is 4.79 Å². The minimum Gasteiger partial charge on any atom is -0.451 e. The van der Waals surface area contributed by atoms with Crippen molar-refractivity contribution in [1.82, 2.24) is 20.1 Å². The Morgan fingerprint density at radius 1 is 1.38 bits per heavy atom. The molecule has 4 rings (SSSR count). The van der Waals surface area contributed by atoms with Crippen molar-refractivity contribution in [2.24, 2.45) is 0 Å². The number of aryl methyl sites for hydroxylation is 3. The lowest BCUT2D eigenvalue weighted by Crippen LogP contribution is -2.41. The Bertz CT molecular complexity index is 896. The molecule has 1 atom stereocenters. The van der Waals surface area contributed by atoms with E-state index in [1.165, 1.54) is 0 Å². The number of benzene rings is 1. The lowest BCUT2D eigenvalue weighted by atomic mass is 10.1. The summed E-state index contributed by atoms with van der Waals surface area (Å²) in [6, 6.07) is 7.79. The number of nitrogens with one attached hydrogen (secondary N) is 1. The van der Waals surface area contributed by atoms with E-state index in [4.69, 9.17) is 4.42 Å². The third-order valence-corrected chi connectivity index (χ3v) is 4.72. The number of para-hydroxylation sites is 1. The molecule has 0 spiro atoms. The number of nitrogens with zero attached hydrogens (tertiary/aromatic N) is 3. The normalized spacial score (nSPS) is 17.0. The SMILES string of the molecule is CCc1nnc2n1C[C@@H](NC(=O)c1oc3ccccc3c1C)CC2. The van der Waals surface area contributed by atoms with Crippen LogP contribution >= 0.6 is 0 Å². The lowest BCUT2D eigenvalue weighted by molar-refractivity contribution is 0.0900. The van der Waals surface area contributed by atoms with Crippen LogP contribution in [-0.2, 0) is 19.4 Å². The van der Waals surface area contributed by atoms with Gasteiger partial charge < -0.3 is 14.3 Å². The molecule has 1 aliphatic rings. The zero-order valence-corrected chi connectivity index (χ0v) is 13.9.